The van der Waals surface area contributed by atoms with E-state index in [-0.39, 0.29) is 11.8 Å². The number of benzene rings is 2. The molecule has 4 rings (SSSR count). The Bertz CT molecular complexity index is 913. The van der Waals surface area contributed by atoms with E-state index in [1.807, 2.05) is 30.5 Å². The van der Waals surface area contributed by atoms with E-state index in [9.17, 15) is 4.79 Å². The van der Waals surface area contributed by atoms with Crippen molar-refractivity contribution >= 4 is 23.3 Å². The van der Waals surface area contributed by atoms with Crippen LogP contribution in [0, 0.1) is 0 Å². The normalized spacial score (nSPS) is 16.4. The number of carbonyl (C=O) groups excluding carboxylic acids is 1. The number of carbonyl (C=O) groups is 1. The molecule has 0 unspecified atom stereocenters. The first kappa shape index (κ1) is 15.9. The third kappa shape index (κ3) is 2.94. The van der Waals surface area contributed by atoms with Gasteiger partial charge in [0.15, 0.2) is 0 Å². The lowest BCUT2D eigenvalue weighted by Crippen LogP contribution is -2.24. The Hall–Kier alpha value is -2.59. The predicted molar refractivity (Wildman–Crippen MR) is 99.5 cm³/mol. The van der Waals surface area contributed by atoms with E-state index >= 15 is 0 Å². The van der Waals surface area contributed by atoms with Crippen LogP contribution < -0.4 is 5.32 Å². The maximum Gasteiger partial charge on any atom is 0.226 e. The Balaban J connectivity index is 1.76. The number of halogens is 1. The molecule has 2 aromatic carbocycles. The highest BCUT2D eigenvalue weighted by molar-refractivity contribution is 6.30. The molecule has 5 heteroatoms. The highest BCUT2D eigenvalue weighted by atomic mass is 35.5. The zero-order chi connectivity index (χ0) is 17.4. The van der Waals surface area contributed by atoms with Gasteiger partial charge in [-0.3, -0.25) is 4.79 Å². The summed E-state index contributed by atoms with van der Waals surface area (Å²) in [5, 5.41) is 8.14. The summed E-state index contributed by atoms with van der Waals surface area (Å²) in [5.74, 6) is 0.770. The van der Waals surface area contributed by atoms with Crippen LogP contribution in [0.1, 0.15) is 36.0 Å². The first-order valence-electron chi connectivity index (χ1n) is 8.38. The average molecular weight is 352 g/mol. The first-order chi connectivity index (χ1) is 12.2. The van der Waals surface area contributed by atoms with Gasteiger partial charge in [-0.1, -0.05) is 42.8 Å². The first-order valence-corrected chi connectivity index (χ1v) is 8.76. The maximum absolute atomic E-state index is 12.3. The van der Waals surface area contributed by atoms with E-state index in [1.165, 1.54) is 5.56 Å². The number of fused-ring (bicyclic) bond motifs is 1. The van der Waals surface area contributed by atoms with E-state index in [0.29, 0.717) is 11.4 Å². The Labute approximate surface area is 151 Å². The minimum Gasteiger partial charge on any atom is -0.310 e. The lowest BCUT2D eigenvalue weighted by Gasteiger charge is -2.24. The number of hydrogen-bond acceptors (Lipinski definition) is 2. The molecule has 0 spiro atoms. The fourth-order valence-corrected chi connectivity index (χ4v) is 3.41. The second-order valence-electron chi connectivity index (χ2n) is 6.24. The van der Waals surface area contributed by atoms with Crippen molar-refractivity contribution in [3.8, 4) is 5.69 Å². The molecule has 1 aromatic heterocycles. The van der Waals surface area contributed by atoms with Crippen LogP contribution in [0.2, 0.25) is 5.02 Å². The van der Waals surface area contributed by atoms with Crippen molar-refractivity contribution in [2.45, 2.75) is 25.7 Å². The quantitative estimate of drug-likeness (QED) is 0.751. The topological polar surface area (TPSA) is 46.9 Å². The van der Waals surface area contributed by atoms with Crippen LogP contribution in [0.4, 0.5) is 5.82 Å². The summed E-state index contributed by atoms with van der Waals surface area (Å²) < 4.78 is 1.76. The molecule has 3 aromatic rings. The second kappa shape index (κ2) is 6.37. The third-order valence-corrected chi connectivity index (χ3v) is 4.93. The van der Waals surface area contributed by atoms with Crippen LogP contribution >= 0.6 is 11.6 Å². The van der Waals surface area contributed by atoms with Gasteiger partial charge in [0.05, 0.1) is 11.9 Å². The van der Waals surface area contributed by atoms with Crippen molar-refractivity contribution in [1.82, 2.24) is 9.78 Å². The SMILES string of the molecule is CCc1ccc([C@H]2CC(=O)Nc3c2cnn3-c2ccc(Cl)cc2)cc1. The van der Waals surface area contributed by atoms with Gasteiger partial charge in [-0.15, -0.1) is 0 Å². The molecule has 0 saturated carbocycles. The maximum atomic E-state index is 12.3. The van der Waals surface area contributed by atoms with Gasteiger partial charge >= 0.3 is 0 Å². The Kier molecular flexibility index (Phi) is 4.06. The number of aromatic nitrogens is 2. The molecule has 0 bridgehead atoms. The molecule has 1 N–H and O–H groups in total. The van der Waals surface area contributed by atoms with Gasteiger partial charge in [-0.25, -0.2) is 4.68 Å². The van der Waals surface area contributed by atoms with E-state index in [0.717, 1.165) is 29.1 Å². The van der Waals surface area contributed by atoms with Crippen LogP contribution in [-0.4, -0.2) is 15.7 Å². The fraction of sp³-hybridized carbons (Fsp3) is 0.200. The Morgan fingerprint density at radius 1 is 1.16 bits per heavy atom. The van der Waals surface area contributed by atoms with Crippen molar-refractivity contribution in [2.24, 2.45) is 0 Å². The zero-order valence-electron chi connectivity index (χ0n) is 13.9. The molecule has 126 valence electrons. The summed E-state index contributed by atoms with van der Waals surface area (Å²) in [7, 11) is 0. The molecule has 1 aliphatic heterocycles. The van der Waals surface area contributed by atoms with Crippen LogP contribution in [0.3, 0.4) is 0 Å². The molecule has 0 radical (unpaired) electrons. The largest absolute Gasteiger partial charge is 0.310 e. The van der Waals surface area contributed by atoms with Gasteiger partial charge in [0.2, 0.25) is 5.91 Å². The smallest absolute Gasteiger partial charge is 0.226 e. The fourth-order valence-electron chi connectivity index (χ4n) is 3.28. The van der Waals surface area contributed by atoms with Crippen molar-refractivity contribution < 1.29 is 4.79 Å². The van der Waals surface area contributed by atoms with Gasteiger partial charge < -0.3 is 5.32 Å². The van der Waals surface area contributed by atoms with Gasteiger partial charge in [-0.05, 0) is 41.8 Å². The molecule has 0 aliphatic carbocycles. The van der Waals surface area contributed by atoms with Gasteiger partial charge in [-0.2, -0.15) is 5.10 Å². The predicted octanol–water partition coefficient (Wildman–Crippen LogP) is 4.56. The Morgan fingerprint density at radius 2 is 1.88 bits per heavy atom. The van der Waals surface area contributed by atoms with Crippen molar-refractivity contribution in [3.63, 3.8) is 0 Å². The van der Waals surface area contributed by atoms with E-state index in [2.05, 4.69) is 41.6 Å². The van der Waals surface area contributed by atoms with E-state index < -0.39 is 0 Å². The number of hydrogen-bond donors (Lipinski definition) is 1. The van der Waals surface area contributed by atoms with Gasteiger partial charge in [0.25, 0.3) is 0 Å². The van der Waals surface area contributed by atoms with E-state index in [1.54, 1.807) is 4.68 Å². The van der Waals surface area contributed by atoms with Crippen molar-refractivity contribution in [1.29, 1.82) is 0 Å². The highest BCUT2D eigenvalue weighted by Crippen LogP contribution is 2.38. The number of nitrogens with one attached hydrogen (secondary N) is 1. The molecule has 1 atom stereocenters. The van der Waals surface area contributed by atoms with Crippen LogP contribution in [0.25, 0.3) is 5.69 Å². The summed E-state index contributed by atoms with van der Waals surface area (Å²) in [6, 6.07) is 15.9. The number of amides is 1. The summed E-state index contributed by atoms with van der Waals surface area (Å²) in [4.78, 5) is 12.3. The minimum atomic E-state index is 0.00721. The molecular weight excluding hydrogens is 334 g/mol. The number of nitrogens with zero attached hydrogens (tertiary/aromatic N) is 2. The summed E-state index contributed by atoms with van der Waals surface area (Å²) in [6.45, 7) is 2.14. The standard InChI is InChI=1S/C20H18ClN3O/c1-2-13-3-5-14(6-4-13)17-11-19(25)23-20-18(17)12-22-24(20)16-9-7-15(21)8-10-16/h3-10,12,17H,2,11H2,1H3,(H,23,25)/t17-/m1/s1. The third-order valence-electron chi connectivity index (χ3n) is 4.68. The monoisotopic (exact) mass is 351 g/mol. The van der Waals surface area contributed by atoms with Gasteiger partial charge in [0, 0.05) is 22.9 Å². The number of anilines is 1. The van der Waals surface area contributed by atoms with Gasteiger partial charge in [0.1, 0.15) is 5.82 Å². The lowest BCUT2D eigenvalue weighted by atomic mass is 9.87. The lowest BCUT2D eigenvalue weighted by molar-refractivity contribution is -0.116. The molecule has 2 heterocycles. The highest BCUT2D eigenvalue weighted by Gasteiger charge is 2.30. The molecule has 4 nitrogen and oxygen atoms in total. The summed E-state index contributed by atoms with van der Waals surface area (Å²) >= 11 is 5.97. The summed E-state index contributed by atoms with van der Waals surface area (Å²) in [6.07, 6.45) is 3.29. The molecule has 0 fully saturated rings. The van der Waals surface area contributed by atoms with Crippen LogP contribution in [-0.2, 0) is 11.2 Å². The van der Waals surface area contributed by atoms with E-state index in [4.69, 9.17) is 11.6 Å². The molecule has 25 heavy (non-hydrogen) atoms. The molecular formula is C20H18ClN3O. The summed E-state index contributed by atoms with van der Waals surface area (Å²) in [5.41, 5.74) is 4.34. The second-order valence-corrected chi connectivity index (χ2v) is 6.67. The van der Waals surface area contributed by atoms with Crippen molar-refractivity contribution in [3.05, 3.63) is 76.4 Å². The molecule has 0 saturated heterocycles. The van der Waals surface area contributed by atoms with Crippen LogP contribution in [0.15, 0.2) is 54.7 Å². The number of aryl methyl sites for hydroxylation is 1. The van der Waals surface area contributed by atoms with Crippen LogP contribution in [0.5, 0.6) is 0 Å². The zero-order valence-corrected chi connectivity index (χ0v) is 14.6. The number of rotatable bonds is 3. The molecule has 1 aliphatic rings. The van der Waals surface area contributed by atoms with Crippen molar-refractivity contribution in [2.75, 3.05) is 5.32 Å². The Morgan fingerprint density at radius 3 is 2.56 bits per heavy atom. The minimum absolute atomic E-state index is 0.00721. The average Bonchev–Trinajstić information content (AvgIpc) is 3.05. The molecule has 1 amide bonds.